The molecule has 0 saturated carbocycles. The van der Waals surface area contributed by atoms with Crippen molar-refractivity contribution in [1.82, 2.24) is 5.32 Å². The third-order valence-electron chi connectivity index (χ3n) is 1.97. The van der Waals surface area contributed by atoms with Crippen molar-refractivity contribution >= 4 is 17.4 Å². The van der Waals surface area contributed by atoms with Crippen molar-refractivity contribution in [3.05, 3.63) is 48.2 Å². The fourth-order valence-electron chi connectivity index (χ4n) is 1.29. The summed E-state index contributed by atoms with van der Waals surface area (Å²) in [5, 5.41) is 2.00. The van der Waals surface area contributed by atoms with E-state index in [-0.39, 0.29) is 0 Å². The van der Waals surface area contributed by atoms with Gasteiger partial charge in [-0.05, 0) is 6.08 Å². The van der Waals surface area contributed by atoms with Gasteiger partial charge in [0.2, 0.25) is 5.12 Å². The molecule has 72 valence electrons. The van der Waals surface area contributed by atoms with Crippen LogP contribution in [0.1, 0.15) is 5.56 Å². The van der Waals surface area contributed by atoms with E-state index in [4.69, 9.17) is 17.3 Å². The molecule has 14 heavy (non-hydrogen) atoms. The van der Waals surface area contributed by atoms with E-state index in [0.29, 0.717) is 5.84 Å². The quantitative estimate of drug-likeness (QED) is 0.542. The van der Waals surface area contributed by atoms with Crippen molar-refractivity contribution in [1.29, 1.82) is 0 Å². The number of nitrogens with zero attached hydrogens (tertiary/aromatic N) is 1. The predicted molar refractivity (Wildman–Crippen MR) is 57.9 cm³/mol. The van der Waals surface area contributed by atoms with Gasteiger partial charge in [0.1, 0.15) is 5.84 Å². The molecule has 1 atom stereocenters. The smallest absolute Gasteiger partial charge is 0.234 e. The molecule has 0 aliphatic carbocycles. The monoisotopic (exact) mass is 207 g/mol. The minimum Gasteiger partial charge on any atom is -0.384 e. The third kappa shape index (κ3) is 1.59. The van der Waals surface area contributed by atoms with Crippen molar-refractivity contribution < 1.29 is 0 Å². The summed E-state index contributed by atoms with van der Waals surface area (Å²) in [5.74, 6) is 0.419. The van der Waals surface area contributed by atoms with E-state index < -0.39 is 5.12 Å². The van der Waals surface area contributed by atoms with Gasteiger partial charge in [0.15, 0.2) is 0 Å². The normalized spacial score (nSPS) is 25.4. The second kappa shape index (κ2) is 3.35. The Balaban J connectivity index is 2.39. The number of halogens is 1. The van der Waals surface area contributed by atoms with Gasteiger partial charge in [0.05, 0.1) is 0 Å². The first-order chi connectivity index (χ1) is 6.71. The lowest BCUT2D eigenvalue weighted by Gasteiger charge is -2.26. The average Bonchev–Trinajstić information content (AvgIpc) is 2.19. The van der Waals surface area contributed by atoms with Crippen LogP contribution in [-0.2, 0) is 5.12 Å². The molecule has 1 aromatic carbocycles. The van der Waals surface area contributed by atoms with E-state index in [1.165, 1.54) is 0 Å². The largest absolute Gasteiger partial charge is 0.384 e. The molecule has 0 amide bonds. The number of nitrogens with one attached hydrogen (secondary N) is 1. The molecule has 1 unspecified atom stereocenters. The molecule has 3 N–H and O–H groups in total. The van der Waals surface area contributed by atoms with Crippen LogP contribution in [0.4, 0.5) is 0 Å². The maximum atomic E-state index is 6.27. The number of rotatable bonds is 1. The van der Waals surface area contributed by atoms with Crippen LogP contribution in [0.15, 0.2) is 47.6 Å². The highest BCUT2D eigenvalue weighted by Gasteiger charge is 2.28. The molecule has 0 fully saturated rings. The first-order valence-electron chi connectivity index (χ1n) is 4.25. The van der Waals surface area contributed by atoms with E-state index in [0.717, 1.165) is 5.56 Å². The van der Waals surface area contributed by atoms with Gasteiger partial charge < -0.3 is 11.1 Å². The second-order valence-corrected chi connectivity index (χ2v) is 3.55. The summed E-state index contributed by atoms with van der Waals surface area (Å²) in [6, 6.07) is 9.54. The number of nitrogens with two attached hydrogens (primary N) is 1. The number of aliphatic imine (C=N–C) groups is 1. The molecule has 0 radical (unpaired) electrons. The van der Waals surface area contributed by atoms with Gasteiger partial charge in [0, 0.05) is 11.8 Å². The topological polar surface area (TPSA) is 50.4 Å². The molecular formula is C10H10ClN3. The van der Waals surface area contributed by atoms with E-state index in [1.54, 1.807) is 12.3 Å². The van der Waals surface area contributed by atoms with E-state index in [9.17, 15) is 0 Å². The van der Waals surface area contributed by atoms with Gasteiger partial charge in [-0.3, -0.25) is 0 Å². The highest BCUT2D eigenvalue weighted by atomic mass is 35.5. The van der Waals surface area contributed by atoms with Gasteiger partial charge in [0.25, 0.3) is 0 Å². The zero-order valence-electron chi connectivity index (χ0n) is 7.44. The summed E-state index contributed by atoms with van der Waals surface area (Å²) >= 11 is 6.27. The Labute approximate surface area is 87.3 Å². The van der Waals surface area contributed by atoms with Crippen LogP contribution in [0.2, 0.25) is 0 Å². The number of benzene rings is 1. The van der Waals surface area contributed by atoms with Crippen LogP contribution in [-0.4, -0.2) is 5.84 Å². The number of hydrogen-bond donors (Lipinski definition) is 2. The maximum Gasteiger partial charge on any atom is 0.234 e. The number of amidine groups is 1. The lowest BCUT2D eigenvalue weighted by atomic mass is 10.1. The van der Waals surface area contributed by atoms with Crippen LogP contribution < -0.4 is 11.1 Å². The third-order valence-corrected chi connectivity index (χ3v) is 2.38. The minimum atomic E-state index is -0.958. The van der Waals surface area contributed by atoms with Gasteiger partial charge >= 0.3 is 0 Å². The first kappa shape index (κ1) is 9.09. The highest BCUT2D eigenvalue weighted by molar-refractivity contribution is 6.24. The Morgan fingerprint density at radius 3 is 2.64 bits per heavy atom. The van der Waals surface area contributed by atoms with Crippen LogP contribution in [0, 0.1) is 0 Å². The van der Waals surface area contributed by atoms with Crippen molar-refractivity contribution in [2.45, 2.75) is 5.12 Å². The molecule has 0 saturated heterocycles. The summed E-state index contributed by atoms with van der Waals surface area (Å²) in [7, 11) is 0. The summed E-state index contributed by atoms with van der Waals surface area (Å²) in [4.78, 5) is 4.15. The summed E-state index contributed by atoms with van der Waals surface area (Å²) in [6.45, 7) is 0. The van der Waals surface area contributed by atoms with Crippen LogP contribution >= 0.6 is 11.6 Å². The fourth-order valence-corrected chi connectivity index (χ4v) is 1.58. The molecular weight excluding hydrogens is 198 g/mol. The van der Waals surface area contributed by atoms with Crippen molar-refractivity contribution in [2.24, 2.45) is 10.7 Å². The van der Waals surface area contributed by atoms with E-state index in [1.807, 2.05) is 30.3 Å². The van der Waals surface area contributed by atoms with Crippen molar-refractivity contribution in [3.63, 3.8) is 0 Å². The Hall–Kier alpha value is -1.48. The standard InChI is InChI=1S/C10H10ClN3/c11-10(8-4-2-1-3-5-8)13-7-6-9(12)14-10/h1-7,13H,(H2,12,14). The molecule has 1 aliphatic heterocycles. The van der Waals surface area contributed by atoms with Crippen LogP contribution in [0.3, 0.4) is 0 Å². The van der Waals surface area contributed by atoms with Gasteiger partial charge in [-0.15, -0.1) is 0 Å². The lowest BCUT2D eigenvalue weighted by Crippen LogP contribution is -2.36. The fraction of sp³-hybridized carbons (Fsp3) is 0.100. The van der Waals surface area contributed by atoms with Crippen LogP contribution in [0.5, 0.6) is 0 Å². The predicted octanol–water partition coefficient (Wildman–Crippen LogP) is 1.51. The molecule has 0 spiro atoms. The SMILES string of the molecule is NC1=NC(Cl)(c2ccccc2)NC=C1. The molecule has 0 bridgehead atoms. The molecule has 1 heterocycles. The number of alkyl halides is 1. The van der Waals surface area contributed by atoms with E-state index >= 15 is 0 Å². The first-order valence-corrected chi connectivity index (χ1v) is 4.62. The molecule has 1 aliphatic rings. The summed E-state index contributed by atoms with van der Waals surface area (Å²) < 4.78 is 0. The molecule has 4 heteroatoms. The van der Waals surface area contributed by atoms with Gasteiger partial charge in [-0.25, -0.2) is 4.99 Å². The Bertz CT molecular complexity index is 386. The van der Waals surface area contributed by atoms with Gasteiger partial charge in [-0.2, -0.15) is 0 Å². The Morgan fingerprint density at radius 1 is 1.29 bits per heavy atom. The lowest BCUT2D eigenvalue weighted by molar-refractivity contribution is 0.569. The average molecular weight is 208 g/mol. The molecule has 2 rings (SSSR count). The second-order valence-electron chi connectivity index (χ2n) is 3.00. The zero-order chi connectivity index (χ0) is 10.0. The van der Waals surface area contributed by atoms with Crippen LogP contribution in [0.25, 0.3) is 0 Å². The van der Waals surface area contributed by atoms with Crippen molar-refractivity contribution in [2.75, 3.05) is 0 Å². The summed E-state index contributed by atoms with van der Waals surface area (Å²) in [6.07, 6.45) is 3.37. The summed E-state index contributed by atoms with van der Waals surface area (Å²) in [5.41, 5.74) is 6.46. The van der Waals surface area contributed by atoms with E-state index in [2.05, 4.69) is 10.3 Å². The molecule has 3 nitrogen and oxygen atoms in total. The number of hydrogen-bond acceptors (Lipinski definition) is 3. The zero-order valence-corrected chi connectivity index (χ0v) is 8.20. The maximum absolute atomic E-state index is 6.27. The highest BCUT2D eigenvalue weighted by Crippen LogP contribution is 2.28. The Morgan fingerprint density at radius 2 is 2.00 bits per heavy atom. The Kier molecular flexibility index (Phi) is 2.17. The molecule has 0 aromatic heterocycles. The van der Waals surface area contributed by atoms with Crippen molar-refractivity contribution in [3.8, 4) is 0 Å². The van der Waals surface area contributed by atoms with Gasteiger partial charge in [-0.1, -0.05) is 41.9 Å². The molecule has 1 aromatic rings. The minimum absolute atomic E-state index is 0.419.